The van der Waals surface area contributed by atoms with Crippen LogP contribution in [0, 0.1) is 5.92 Å². The quantitative estimate of drug-likeness (QED) is 0.187. The summed E-state index contributed by atoms with van der Waals surface area (Å²) in [6, 6.07) is 10.8. The lowest BCUT2D eigenvalue weighted by atomic mass is 10.1. The fourth-order valence-corrected chi connectivity index (χ4v) is 4.47. The zero-order valence-corrected chi connectivity index (χ0v) is 21.9. The van der Waals surface area contributed by atoms with E-state index in [-0.39, 0.29) is 29.9 Å². The number of halogens is 1. The Morgan fingerprint density at radius 3 is 2.66 bits per heavy atom. The van der Waals surface area contributed by atoms with Crippen LogP contribution in [0.4, 0.5) is 0 Å². The Kier molecular flexibility index (Phi) is 13.0. The van der Waals surface area contributed by atoms with Crippen LogP contribution in [-0.2, 0) is 16.0 Å². The molecular weight excluding hydrogens is 515 g/mol. The number of rotatable bonds is 11. The Balaban J connectivity index is 0.00000363. The summed E-state index contributed by atoms with van der Waals surface area (Å²) in [6.07, 6.45) is 8.57. The SMILES string of the molecule is CCNC(=NCCCCOCCc1ccccc1)NC1CCN(C(=O)C2CCCC2)C1.I. The van der Waals surface area contributed by atoms with Gasteiger partial charge in [0.15, 0.2) is 5.96 Å². The molecule has 1 aliphatic heterocycles. The highest BCUT2D eigenvalue weighted by molar-refractivity contribution is 14.0. The predicted octanol–water partition coefficient (Wildman–Crippen LogP) is 3.99. The molecule has 32 heavy (non-hydrogen) atoms. The first-order valence-electron chi connectivity index (χ1n) is 12.2. The van der Waals surface area contributed by atoms with Gasteiger partial charge in [-0.25, -0.2) is 0 Å². The molecule has 2 N–H and O–H groups in total. The molecule has 2 aliphatic rings. The molecule has 6 nitrogen and oxygen atoms in total. The van der Waals surface area contributed by atoms with Crippen molar-refractivity contribution in [3.63, 3.8) is 0 Å². The molecule has 1 heterocycles. The molecule has 0 spiro atoms. The van der Waals surface area contributed by atoms with E-state index in [0.29, 0.717) is 11.9 Å². The smallest absolute Gasteiger partial charge is 0.225 e. The highest BCUT2D eigenvalue weighted by Crippen LogP contribution is 2.27. The van der Waals surface area contributed by atoms with E-state index in [1.165, 1.54) is 18.4 Å². The van der Waals surface area contributed by atoms with E-state index >= 15 is 0 Å². The Morgan fingerprint density at radius 1 is 1.12 bits per heavy atom. The van der Waals surface area contributed by atoms with Gasteiger partial charge in [0.05, 0.1) is 6.61 Å². The van der Waals surface area contributed by atoms with Crippen LogP contribution in [0.25, 0.3) is 0 Å². The van der Waals surface area contributed by atoms with E-state index in [0.717, 1.165) is 83.9 Å². The van der Waals surface area contributed by atoms with Gasteiger partial charge >= 0.3 is 0 Å². The normalized spacial score (nSPS) is 19.1. The summed E-state index contributed by atoms with van der Waals surface area (Å²) in [4.78, 5) is 19.4. The van der Waals surface area contributed by atoms with E-state index < -0.39 is 0 Å². The van der Waals surface area contributed by atoms with Crippen molar-refractivity contribution in [2.75, 3.05) is 39.4 Å². The van der Waals surface area contributed by atoms with E-state index in [4.69, 9.17) is 9.73 Å². The number of amides is 1. The fourth-order valence-electron chi connectivity index (χ4n) is 4.47. The number of hydrogen-bond donors (Lipinski definition) is 2. The van der Waals surface area contributed by atoms with Crippen LogP contribution >= 0.6 is 24.0 Å². The zero-order chi connectivity index (χ0) is 21.7. The van der Waals surface area contributed by atoms with Crippen molar-refractivity contribution in [2.45, 2.75) is 64.3 Å². The van der Waals surface area contributed by atoms with Gasteiger partial charge in [-0.3, -0.25) is 9.79 Å². The average Bonchev–Trinajstić information content (AvgIpc) is 3.48. The summed E-state index contributed by atoms with van der Waals surface area (Å²) in [5.41, 5.74) is 1.32. The highest BCUT2D eigenvalue weighted by Gasteiger charge is 2.32. The maximum atomic E-state index is 12.6. The minimum absolute atomic E-state index is 0. The molecule has 2 fully saturated rings. The lowest BCUT2D eigenvalue weighted by molar-refractivity contribution is -0.134. The molecular formula is C25H41IN4O2. The standard InChI is InChI=1S/C25H40N4O2.HI/c1-2-26-25(27-16-8-9-18-31-19-15-21-10-4-3-5-11-21)28-23-14-17-29(20-23)24(30)22-12-6-7-13-22;/h3-5,10-11,22-23H,2,6-9,12-20H2,1H3,(H2,26,27,28);1H. The molecule has 1 unspecified atom stereocenters. The number of likely N-dealkylation sites (tertiary alicyclic amines) is 1. The van der Waals surface area contributed by atoms with Crippen LogP contribution in [0.3, 0.4) is 0 Å². The van der Waals surface area contributed by atoms with Crippen molar-refractivity contribution in [3.8, 4) is 0 Å². The maximum Gasteiger partial charge on any atom is 0.225 e. The highest BCUT2D eigenvalue weighted by atomic mass is 127. The predicted molar refractivity (Wildman–Crippen MR) is 142 cm³/mol. The summed E-state index contributed by atoms with van der Waals surface area (Å²) < 4.78 is 5.76. The first kappa shape index (κ1) is 26.9. The molecule has 3 rings (SSSR count). The Labute approximate surface area is 211 Å². The molecule has 0 aromatic heterocycles. The molecule has 1 atom stereocenters. The van der Waals surface area contributed by atoms with Crippen LogP contribution in [0.1, 0.15) is 57.4 Å². The van der Waals surface area contributed by atoms with Crippen LogP contribution < -0.4 is 10.6 Å². The van der Waals surface area contributed by atoms with Gasteiger partial charge in [0, 0.05) is 44.7 Å². The molecule has 1 saturated heterocycles. The van der Waals surface area contributed by atoms with E-state index in [9.17, 15) is 4.79 Å². The van der Waals surface area contributed by atoms with Gasteiger partial charge < -0.3 is 20.3 Å². The number of unbranched alkanes of at least 4 members (excludes halogenated alkanes) is 1. The van der Waals surface area contributed by atoms with E-state index in [1.807, 2.05) is 6.07 Å². The van der Waals surface area contributed by atoms with Gasteiger partial charge in [-0.15, -0.1) is 24.0 Å². The van der Waals surface area contributed by atoms with Crippen LogP contribution in [0.15, 0.2) is 35.3 Å². The molecule has 0 bridgehead atoms. The second-order valence-corrected chi connectivity index (χ2v) is 8.71. The lowest BCUT2D eigenvalue weighted by Crippen LogP contribution is -2.45. The number of carbonyl (C=O) groups is 1. The number of nitrogens with one attached hydrogen (secondary N) is 2. The minimum Gasteiger partial charge on any atom is -0.381 e. The van der Waals surface area contributed by atoms with Crippen LogP contribution in [-0.4, -0.2) is 62.2 Å². The van der Waals surface area contributed by atoms with Crippen molar-refractivity contribution < 1.29 is 9.53 Å². The van der Waals surface area contributed by atoms with E-state index in [1.54, 1.807) is 0 Å². The molecule has 1 aliphatic carbocycles. The number of ether oxygens (including phenoxy) is 1. The third-order valence-corrected chi connectivity index (χ3v) is 6.23. The molecule has 180 valence electrons. The molecule has 7 heteroatoms. The first-order chi connectivity index (χ1) is 15.3. The monoisotopic (exact) mass is 556 g/mol. The summed E-state index contributed by atoms with van der Waals surface area (Å²) in [7, 11) is 0. The minimum atomic E-state index is 0. The largest absolute Gasteiger partial charge is 0.381 e. The number of aliphatic imine (C=N–C) groups is 1. The third-order valence-electron chi connectivity index (χ3n) is 6.23. The van der Waals surface area contributed by atoms with Gasteiger partial charge in [0.25, 0.3) is 0 Å². The van der Waals surface area contributed by atoms with Gasteiger partial charge in [0.1, 0.15) is 0 Å². The Morgan fingerprint density at radius 2 is 1.91 bits per heavy atom. The summed E-state index contributed by atoms with van der Waals surface area (Å²) in [5, 5.41) is 6.88. The lowest BCUT2D eigenvalue weighted by Gasteiger charge is -2.21. The second-order valence-electron chi connectivity index (χ2n) is 8.71. The van der Waals surface area contributed by atoms with Crippen molar-refractivity contribution in [1.29, 1.82) is 0 Å². The molecule has 1 aromatic rings. The first-order valence-corrected chi connectivity index (χ1v) is 12.2. The number of guanidine groups is 1. The number of hydrogen-bond acceptors (Lipinski definition) is 3. The van der Waals surface area contributed by atoms with Crippen molar-refractivity contribution in [3.05, 3.63) is 35.9 Å². The zero-order valence-electron chi connectivity index (χ0n) is 19.6. The van der Waals surface area contributed by atoms with Crippen molar-refractivity contribution in [1.82, 2.24) is 15.5 Å². The number of benzene rings is 1. The summed E-state index contributed by atoms with van der Waals surface area (Å²) in [6.45, 7) is 6.94. The van der Waals surface area contributed by atoms with Gasteiger partial charge in [-0.2, -0.15) is 0 Å². The van der Waals surface area contributed by atoms with Gasteiger partial charge in [0.2, 0.25) is 5.91 Å². The van der Waals surface area contributed by atoms with Crippen molar-refractivity contribution >= 4 is 35.8 Å². The van der Waals surface area contributed by atoms with Crippen LogP contribution in [0.2, 0.25) is 0 Å². The second kappa shape index (κ2) is 15.5. The van der Waals surface area contributed by atoms with E-state index in [2.05, 4.69) is 46.7 Å². The molecule has 1 aromatic carbocycles. The Hall–Kier alpha value is -1.35. The fraction of sp³-hybridized carbons (Fsp3) is 0.680. The third kappa shape index (κ3) is 9.25. The number of carbonyl (C=O) groups excluding carboxylic acids is 1. The topological polar surface area (TPSA) is 66.0 Å². The summed E-state index contributed by atoms with van der Waals surface area (Å²) >= 11 is 0. The summed E-state index contributed by atoms with van der Waals surface area (Å²) in [5.74, 6) is 1.51. The average molecular weight is 557 g/mol. The van der Waals surface area contributed by atoms with Gasteiger partial charge in [-0.05, 0) is 51.0 Å². The molecule has 0 radical (unpaired) electrons. The van der Waals surface area contributed by atoms with Crippen LogP contribution in [0.5, 0.6) is 0 Å². The Bertz CT molecular complexity index is 680. The molecule has 1 saturated carbocycles. The number of nitrogens with zero attached hydrogens (tertiary/aromatic N) is 2. The van der Waals surface area contributed by atoms with Crippen molar-refractivity contribution in [2.24, 2.45) is 10.9 Å². The maximum absolute atomic E-state index is 12.6. The molecule has 1 amide bonds. The van der Waals surface area contributed by atoms with Gasteiger partial charge in [-0.1, -0.05) is 43.2 Å².